The van der Waals surface area contributed by atoms with Crippen molar-refractivity contribution in [3.63, 3.8) is 0 Å². The average Bonchev–Trinajstić information content (AvgIpc) is 2.47. The molecule has 1 saturated heterocycles. The fraction of sp³-hybridized carbons (Fsp3) is 0.294. The molecule has 2 aromatic rings. The minimum Gasteiger partial charge on any atom is -0.508 e. The summed E-state index contributed by atoms with van der Waals surface area (Å²) in [7, 11) is 0. The maximum absolute atomic E-state index is 10.1. The summed E-state index contributed by atoms with van der Waals surface area (Å²) >= 11 is 0. The molecule has 3 nitrogen and oxygen atoms in total. The van der Waals surface area contributed by atoms with Gasteiger partial charge in [0.05, 0.1) is 18.3 Å². The molecule has 2 aromatic carbocycles. The molecule has 1 fully saturated rings. The molecule has 0 aromatic heterocycles. The van der Waals surface area contributed by atoms with Crippen LogP contribution in [0.5, 0.6) is 5.75 Å². The smallest absolute Gasteiger partial charge is 0.115 e. The van der Waals surface area contributed by atoms with E-state index >= 15 is 0 Å². The molecule has 1 heterocycles. The first-order valence-corrected chi connectivity index (χ1v) is 6.90. The number of phenols is 1. The zero-order valence-corrected chi connectivity index (χ0v) is 11.1. The van der Waals surface area contributed by atoms with Crippen molar-refractivity contribution in [1.82, 2.24) is 0 Å². The molecule has 0 amide bonds. The summed E-state index contributed by atoms with van der Waals surface area (Å²) in [5.41, 5.74) is 1.99. The molecule has 1 aliphatic heterocycles. The van der Waals surface area contributed by atoms with Crippen LogP contribution in [0.2, 0.25) is 0 Å². The van der Waals surface area contributed by atoms with Gasteiger partial charge < -0.3 is 14.9 Å². The van der Waals surface area contributed by atoms with E-state index in [-0.39, 0.29) is 24.1 Å². The van der Waals surface area contributed by atoms with Gasteiger partial charge in [0.15, 0.2) is 0 Å². The SMILES string of the molecule is Oc1cccc([C@H]2C[C@@H](O)C[C@@H](c3ccccc3)O2)c1. The molecule has 104 valence electrons. The monoisotopic (exact) mass is 270 g/mol. The van der Waals surface area contributed by atoms with Gasteiger partial charge in [-0.25, -0.2) is 0 Å². The first-order chi connectivity index (χ1) is 9.72. The third-order valence-corrected chi connectivity index (χ3v) is 3.71. The molecular formula is C17H18O3. The van der Waals surface area contributed by atoms with Crippen molar-refractivity contribution in [2.45, 2.75) is 31.2 Å². The molecule has 3 atom stereocenters. The minimum atomic E-state index is -0.388. The summed E-state index contributed by atoms with van der Waals surface area (Å²) in [6.45, 7) is 0. The maximum atomic E-state index is 10.1. The molecule has 0 unspecified atom stereocenters. The molecule has 1 aliphatic rings. The van der Waals surface area contributed by atoms with Gasteiger partial charge in [-0.15, -0.1) is 0 Å². The number of aliphatic hydroxyl groups excluding tert-OH is 1. The lowest BCUT2D eigenvalue weighted by Gasteiger charge is -2.33. The lowest BCUT2D eigenvalue weighted by molar-refractivity contribution is -0.0999. The van der Waals surface area contributed by atoms with E-state index in [1.54, 1.807) is 18.2 Å². The predicted octanol–water partition coefficient (Wildman–Crippen LogP) is 3.35. The number of rotatable bonds is 2. The summed E-state index contributed by atoms with van der Waals surface area (Å²) < 4.78 is 6.11. The topological polar surface area (TPSA) is 49.7 Å². The van der Waals surface area contributed by atoms with Gasteiger partial charge >= 0.3 is 0 Å². The highest BCUT2D eigenvalue weighted by molar-refractivity contribution is 5.29. The Bertz CT molecular complexity index is 567. The van der Waals surface area contributed by atoms with E-state index in [1.165, 1.54) is 0 Å². The van der Waals surface area contributed by atoms with Crippen LogP contribution in [0.4, 0.5) is 0 Å². The second kappa shape index (κ2) is 5.65. The van der Waals surface area contributed by atoms with Crippen molar-refractivity contribution < 1.29 is 14.9 Å². The summed E-state index contributed by atoms with van der Waals surface area (Å²) in [4.78, 5) is 0. The second-order valence-electron chi connectivity index (χ2n) is 5.24. The zero-order chi connectivity index (χ0) is 13.9. The third-order valence-electron chi connectivity index (χ3n) is 3.71. The van der Waals surface area contributed by atoms with E-state index in [0.717, 1.165) is 11.1 Å². The van der Waals surface area contributed by atoms with Gasteiger partial charge in [0.1, 0.15) is 5.75 Å². The third kappa shape index (κ3) is 2.84. The minimum absolute atomic E-state index is 0.104. The van der Waals surface area contributed by atoms with Gasteiger partial charge in [-0.2, -0.15) is 0 Å². The van der Waals surface area contributed by atoms with E-state index in [1.807, 2.05) is 36.4 Å². The number of aliphatic hydroxyl groups is 1. The number of phenolic OH excluding ortho intramolecular Hbond substituents is 1. The maximum Gasteiger partial charge on any atom is 0.115 e. The van der Waals surface area contributed by atoms with Crippen molar-refractivity contribution in [2.75, 3.05) is 0 Å². The number of benzene rings is 2. The quantitative estimate of drug-likeness (QED) is 0.880. The fourth-order valence-electron chi connectivity index (χ4n) is 2.72. The normalized spacial score (nSPS) is 26.4. The molecule has 0 saturated carbocycles. The Morgan fingerprint density at radius 2 is 1.50 bits per heavy atom. The van der Waals surface area contributed by atoms with Crippen LogP contribution in [0.25, 0.3) is 0 Å². The summed E-state index contributed by atoms with van der Waals surface area (Å²) in [5.74, 6) is 0.224. The van der Waals surface area contributed by atoms with Gasteiger partial charge in [-0.05, 0) is 23.3 Å². The average molecular weight is 270 g/mol. The van der Waals surface area contributed by atoms with Crippen LogP contribution in [0.1, 0.15) is 36.2 Å². The van der Waals surface area contributed by atoms with Gasteiger partial charge in [0.2, 0.25) is 0 Å². The van der Waals surface area contributed by atoms with Crippen LogP contribution in [-0.2, 0) is 4.74 Å². The van der Waals surface area contributed by atoms with Crippen LogP contribution in [0.3, 0.4) is 0 Å². The molecule has 2 N–H and O–H groups in total. The van der Waals surface area contributed by atoms with E-state index in [0.29, 0.717) is 12.8 Å². The molecule has 3 rings (SSSR count). The second-order valence-corrected chi connectivity index (χ2v) is 5.24. The zero-order valence-electron chi connectivity index (χ0n) is 11.1. The molecule has 20 heavy (non-hydrogen) atoms. The lowest BCUT2D eigenvalue weighted by atomic mass is 9.93. The first kappa shape index (κ1) is 13.2. The molecule has 0 spiro atoms. The highest BCUT2D eigenvalue weighted by Crippen LogP contribution is 2.39. The highest BCUT2D eigenvalue weighted by Gasteiger charge is 2.30. The van der Waals surface area contributed by atoms with Crippen LogP contribution in [0, 0.1) is 0 Å². The van der Waals surface area contributed by atoms with Crippen LogP contribution < -0.4 is 0 Å². The first-order valence-electron chi connectivity index (χ1n) is 6.90. The lowest BCUT2D eigenvalue weighted by Crippen LogP contribution is -2.26. The molecule has 3 heteroatoms. The van der Waals surface area contributed by atoms with E-state index in [9.17, 15) is 10.2 Å². The Kier molecular flexibility index (Phi) is 3.72. The van der Waals surface area contributed by atoms with Crippen LogP contribution >= 0.6 is 0 Å². The summed E-state index contributed by atoms with van der Waals surface area (Å²) in [6, 6.07) is 17.0. The summed E-state index contributed by atoms with van der Waals surface area (Å²) in [6.07, 6.45) is 0.496. The Labute approximate surface area is 118 Å². The van der Waals surface area contributed by atoms with Crippen molar-refractivity contribution in [3.8, 4) is 5.75 Å². The van der Waals surface area contributed by atoms with Crippen LogP contribution in [-0.4, -0.2) is 16.3 Å². The number of hydrogen-bond acceptors (Lipinski definition) is 3. The van der Waals surface area contributed by atoms with Gasteiger partial charge in [0, 0.05) is 12.8 Å². The Hall–Kier alpha value is -1.84. The number of aromatic hydroxyl groups is 1. The largest absolute Gasteiger partial charge is 0.508 e. The molecule has 0 bridgehead atoms. The highest BCUT2D eigenvalue weighted by atomic mass is 16.5. The van der Waals surface area contributed by atoms with Crippen molar-refractivity contribution in [2.24, 2.45) is 0 Å². The van der Waals surface area contributed by atoms with E-state index in [2.05, 4.69) is 0 Å². The van der Waals surface area contributed by atoms with Gasteiger partial charge in [-0.3, -0.25) is 0 Å². The van der Waals surface area contributed by atoms with Crippen molar-refractivity contribution in [3.05, 3.63) is 65.7 Å². The van der Waals surface area contributed by atoms with Gasteiger partial charge in [-0.1, -0.05) is 42.5 Å². The molecular weight excluding hydrogens is 252 g/mol. The Morgan fingerprint density at radius 1 is 0.850 bits per heavy atom. The Balaban J connectivity index is 1.83. The standard InChI is InChI=1S/C17H18O3/c18-14-8-4-7-13(9-14)17-11-15(19)10-16(20-17)12-5-2-1-3-6-12/h1-9,15-19H,10-11H2/t15-,16-,17+/m0/s1. The fourth-order valence-corrected chi connectivity index (χ4v) is 2.72. The van der Waals surface area contributed by atoms with Crippen molar-refractivity contribution >= 4 is 0 Å². The van der Waals surface area contributed by atoms with Crippen LogP contribution in [0.15, 0.2) is 54.6 Å². The predicted molar refractivity (Wildman–Crippen MR) is 76.4 cm³/mol. The van der Waals surface area contributed by atoms with E-state index in [4.69, 9.17) is 4.74 Å². The van der Waals surface area contributed by atoms with Crippen molar-refractivity contribution in [1.29, 1.82) is 0 Å². The Morgan fingerprint density at radius 3 is 2.20 bits per heavy atom. The molecule has 0 radical (unpaired) electrons. The number of hydrogen-bond donors (Lipinski definition) is 2. The van der Waals surface area contributed by atoms with E-state index < -0.39 is 0 Å². The summed E-state index contributed by atoms with van der Waals surface area (Å²) in [5, 5.41) is 19.7. The van der Waals surface area contributed by atoms with Gasteiger partial charge in [0.25, 0.3) is 0 Å². The number of ether oxygens (including phenoxy) is 1. The molecule has 0 aliphatic carbocycles.